The van der Waals surface area contributed by atoms with Gasteiger partial charge in [-0.05, 0) is 55.3 Å². The van der Waals surface area contributed by atoms with Crippen LogP contribution >= 0.6 is 11.6 Å². The average Bonchev–Trinajstić information content (AvgIpc) is 2.79. The highest BCUT2D eigenvalue weighted by Crippen LogP contribution is 2.29. The molecule has 0 aliphatic carbocycles. The van der Waals surface area contributed by atoms with E-state index in [9.17, 15) is 17.6 Å². The molecule has 10 heteroatoms. The number of fused-ring (bicyclic) bond motifs is 1. The third-order valence-electron chi connectivity index (χ3n) is 5.42. The van der Waals surface area contributed by atoms with Crippen LogP contribution in [0.4, 0.5) is 10.1 Å². The van der Waals surface area contributed by atoms with Crippen LogP contribution in [0.15, 0.2) is 64.7 Å². The van der Waals surface area contributed by atoms with E-state index in [1.807, 2.05) is 0 Å². The maximum Gasteiger partial charge on any atom is 0.263 e. The monoisotopic (exact) mass is 500 g/mol. The van der Waals surface area contributed by atoms with Gasteiger partial charge in [0.1, 0.15) is 10.7 Å². The highest BCUT2D eigenvalue weighted by atomic mass is 35.5. The first kappa shape index (κ1) is 23.8. The maximum atomic E-state index is 13.4. The number of rotatable bonds is 7. The normalized spacial score (nSPS) is 11.6. The van der Waals surface area contributed by atoms with Crippen molar-refractivity contribution in [3.05, 3.63) is 81.9 Å². The minimum Gasteiger partial charge on any atom is -0.299 e. The number of aryl methyl sites for hydroxylation is 2. The number of nitrogens with zero attached hydrogens (tertiary/aromatic N) is 3. The molecule has 0 saturated heterocycles. The Bertz CT molecular complexity index is 1550. The highest BCUT2D eigenvalue weighted by Gasteiger charge is 2.20. The Balaban J connectivity index is 1.73. The number of pyridine rings is 1. The van der Waals surface area contributed by atoms with Gasteiger partial charge in [0.05, 0.1) is 33.6 Å². The van der Waals surface area contributed by atoms with E-state index in [1.54, 1.807) is 48.3 Å². The van der Waals surface area contributed by atoms with Crippen molar-refractivity contribution in [3.8, 4) is 11.1 Å². The highest BCUT2D eigenvalue weighted by molar-refractivity contribution is 7.92. The summed E-state index contributed by atoms with van der Waals surface area (Å²) in [5, 5.41) is 0.243. The number of anilines is 1. The van der Waals surface area contributed by atoms with Crippen LogP contribution in [-0.4, -0.2) is 23.0 Å². The van der Waals surface area contributed by atoms with Gasteiger partial charge in [-0.15, -0.1) is 0 Å². The fraction of sp³-hybridized carbons (Fsp3) is 0.208. The zero-order chi connectivity index (χ0) is 24.5. The number of hydrogen-bond acceptors (Lipinski definition) is 5. The SMILES string of the molecule is CCCCn1cnc2ccc(-c3cnc(C)c(NS(=O)(=O)c4ccc(F)cc4Cl)c3)cc2c1=O. The van der Waals surface area contributed by atoms with Gasteiger partial charge in [-0.2, -0.15) is 0 Å². The maximum absolute atomic E-state index is 13.4. The number of halogens is 2. The van der Waals surface area contributed by atoms with Gasteiger partial charge in [0.25, 0.3) is 15.6 Å². The molecule has 0 bridgehead atoms. The third-order valence-corrected chi connectivity index (χ3v) is 7.27. The molecular weight excluding hydrogens is 479 g/mol. The summed E-state index contributed by atoms with van der Waals surface area (Å²) in [6, 6.07) is 9.98. The van der Waals surface area contributed by atoms with Gasteiger partial charge in [-0.1, -0.05) is 31.0 Å². The molecule has 4 rings (SSSR count). The van der Waals surface area contributed by atoms with Gasteiger partial charge >= 0.3 is 0 Å². The fourth-order valence-electron chi connectivity index (χ4n) is 3.51. The molecule has 176 valence electrons. The van der Waals surface area contributed by atoms with Crippen LogP contribution in [0.5, 0.6) is 0 Å². The number of unbranched alkanes of at least 4 members (excludes halogenated alkanes) is 1. The predicted molar refractivity (Wildman–Crippen MR) is 131 cm³/mol. The van der Waals surface area contributed by atoms with Crippen LogP contribution in [0.1, 0.15) is 25.5 Å². The van der Waals surface area contributed by atoms with E-state index in [1.165, 1.54) is 0 Å². The molecule has 0 saturated carbocycles. The van der Waals surface area contributed by atoms with Gasteiger partial charge < -0.3 is 0 Å². The van der Waals surface area contributed by atoms with E-state index >= 15 is 0 Å². The van der Waals surface area contributed by atoms with Crippen molar-refractivity contribution in [2.24, 2.45) is 0 Å². The molecule has 0 aliphatic heterocycles. The van der Waals surface area contributed by atoms with Crippen molar-refractivity contribution in [2.75, 3.05) is 4.72 Å². The molecular formula is C24H22ClFN4O3S. The molecule has 7 nitrogen and oxygen atoms in total. The van der Waals surface area contributed by atoms with Gasteiger partial charge in [-0.25, -0.2) is 17.8 Å². The van der Waals surface area contributed by atoms with Crippen LogP contribution in [0.3, 0.4) is 0 Å². The van der Waals surface area contributed by atoms with Crippen LogP contribution in [0.25, 0.3) is 22.0 Å². The summed E-state index contributed by atoms with van der Waals surface area (Å²) in [4.78, 5) is 21.4. The number of aromatic nitrogens is 3. The number of nitrogens with one attached hydrogen (secondary N) is 1. The van der Waals surface area contributed by atoms with Crippen LogP contribution in [0.2, 0.25) is 5.02 Å². The van der Waals surface area contributed by atoms with E-state index in [0.717, 1.165) is 31.0 Å². The Hall–Kier alpha value is -3.30. The lowest BCUT2D eigenvalue weighted by molar-refractivity contribution is 0.599. The first-order valence-corrected chi connectivity index (χ1v) is 12.5. The molecule has 4 aromatic rings. The zero-order valence-corrected chi connectivity index (χ0v) is 20.1. The second-order valence-electron chi connectivity index (χ2n) is 7.87. The standard InChI is InChI=1S/C24H22ClFN4O3S/c1-3-4-9-30-14-28-21-7-5-16(10-19(21)24(30)31)17-11-22(15(2)27-13-17)29-34(32,33)23-8-6-18(26)12-20(23)25/h5-8,10-14,29H,3-4,9H2,1-2H3. The number of hydrogen-bond donors (Lipinski definition) is 1. The van der Waals surface area contributed by atoms with Crippen molar-refractivity contribution in [1.29, 1.82) is 0 Å². The van der Waals surface area contributed by atoms with Crippen LogP contribution in [-0.2, 0) is 16.6 Å². The van der Waals surface area contributed by atoms with Crippen molar-refractivity contribution in [1.82, 2.24) is 14.5 Å². The Labute approximate surface area is 201 Å². The largest absolute Gasteiger partial charge is 0.299 e. The molecule has 2 heterocycles. The molecule has 2 aromatic heterocycles. The molecule has 0 spiro atoms. The summed E-state index contributed by atoms with van der Waals surface area (Å²) >= 11 is 5.95. The molecule has 0 unspecified atom stereocenters. The summed E-state index contributed by atoms with van der Waals surface area (Å²) in [6.07, 6.45) is 4.99. The lowest BCUT2D eigenvalue weighted by Crippen LogP contribution is -2.20. The molecule has 0 radical (unpaired) electrons. The zero-order valence-electron chi connectivity index (χ0n) is 18.5. The second-order valence-corrected chi connectivity index (χ2v) is 9.92. The van der Waals surface area contributed by atoms with Crippen molar-refractivity contribution in [3.63, 3.8) is 0 Å². The lowest BCUT2D eigenvalue weighted by Gasteiger charge is -2.13. The smallest absolute Gasteiger partial charge is 0.263 e. The van der Waals surface area contributed by atoms with Crippen molar-refractivity contribution >= 4 is 38.2 Å². The summed E-state index contributed by atoms with van der Waals surface area (Å²) in [6.45, 7) is 4.30. The van der Waals surface area contributed by atoms with E-state index in [0.29, 0.717) is 34.3 Å². The van der Waals surface area contributed by atoms with Crippen LogP contribution < -0.4 is 10.3 Å². The Kier molecular flexibility index (Phi) is 6.67. The predicted octanol–water partition coefficient (Wildman–Crippen LogP) is 5.16. The molecule has 0 atom stereocenters. The molecule has 0 amide bonds. The first-order chi connectivity index (χ1) is 16.2. The summed E-state index contributed by atoms with van der Waals surface area (Å²) < 4.78 is 43.2. The van der Waals surface area contributed by atoms with E-state index in [4.69, 9.17) is 11.6 Å². The topological polar surface area (TPSA) is 93.9 Å². The summed E-state index contributed by atoms with van der Waals surface area (Å²) in [7, 11) is -4.09. The Morgan fingerprint density at radius 3 is 2.62 bits per heavy atom. The van der Waals surface area contributed by atoms with E-state index in [2.05, 4.69) is 21.6 Å². The third kappa shape index (κ3) is 4.80. The fourth-order valence-corrected chi connectivity index (χ4v) is 5.15. The molecule has 0 fully saturated rings. The van der Waals surface area contributed by atoms with Crippen molar-refractivity contribution < 1.29 is 12.8 Å². The number of benzene rings is 2. The second kappa shape index (κ2) is 9.52. The minimum atomic E-state index is -4.09. The van der Waals surface area contributed by atoms with E-state index < -0.39 is 15.8 Å². The average molecular weight is 501 g/mol. The van der Waals surface area contributed by atoms with Gasteiger partial charge in [0, 0.05) is 18.3 Å². The number of sulfonamides is 1. The Morgan fingerprint density at radius 2 is 1.88 bits per heavy atom. The minimum absolute atomic E-state index is 0.132. The first-order valence-electron chi connectivity index (χ1n) is 10.6. The molecule has 2 aromatic carbocycles. The Morgan fingerprint density at radius 1 is 1.09 bits per heavy atom. The summed E-state index contributed by atoms with van der Waals surface area (Å²) in [5.41, 5.74) is 2.42. The van der Waals surface area contributed by atoms with Gasteiger partial charge in [0.2, 0.25) is 0 Å². The van der Waals surface area contributed by atoms with E-state index in [-0.39, 0.29) is 21.2 Å². The summed E-state index contributed by atoms with van der Waals surface area (Å²) in [5.74, 6) is -0.636. The lowest BCUT2D eigenvalue weighted by atomic mass is 10.0. The van der Waals surface area contributed by atoms with Gasteiger partial charge in [0.15, 0.2) is 0 Å². The quantitative estimate of drug-likeness (QED) is 0.378. The van der Waals surface area contributed by atoms with Gasteiger partial charge in [-0.3, -0.25) is 19.1 Å². The molecule has 0 aliphatic rings. The van der Waals surface area contributed by atoms with Crippen LogP contribution in [0, 0.1) is 12.7 Å². The van der Waals surface area contributed by atoms with Crippen molar-refractivity contribution in [2.45, 2.75) is 38.1 Å². The molecule has 1 N–H and O–H groups in total. The molecule has 34 heavy (non-hydrogen) atoms.